The molecule has 0 aromatic heterocycles. The van der Waals surface area contributed by atoms with Crippen molar-refractivity contribution < 1.29 is 22.7 Å². The molecule has 1 atom stereocenters. The number of hydrogen-bond acceptors (Lipinski definition) is 3. The minimum absolute atomic E-state index is 0.195. The maximum absolute atomic E-state index is 12.7. The number of methoxy groups -OCH3 is 1. The number of ether oxygens (including phenoxy) is 1. The van der Waals surface area contributed by atoms with Crippen molar-refractivity contribution in [2.45, 2.75) is 13.1 Å². The average molecular weight is 272 g/mol. The fourth-order valence-corrected chi connectivity index (χ4v) is 1.82. The summed E-state index contributed by atoms with van der Waals surface area (Å²) in [6.45, 7) is 1.18. The van der Waals surface area contributed by atoms with Crippen molar-refractivity contribution >= 4 is 17.3 Å². The Morgan fingerprint density at radius 1 is 1.32 bits per heavy atom. The molecule has 1 aromatic carbocycles. The summed E-state index contributed by atoms with van der Waals surface area (Å²) in [5.41, 5.74) is -0.899. The van der Waals surface area contributed by atoms with Gasteiger partial charge >= 0.3 is 6.18 Å². The number of alkyl halides is 3. The molecule has 0 N–H and O–H groups in total. The van der Waals surface area contributed by atoms with E-state index in [1.807, 2.05) is 0 Å². The van der Waals surface area contributed by atoms with Gasteiger partial charge in [-0.2, -0.15) is 23.3 Å². The number of anilines is 1. The summed E-state index contributed by atoms with van der Waals surface area (Å²) in [6.07, 6.45) is -4.62. The zero-order chi connectivity index (χ0) is 14.2. The van der Waals surface area contributed by atoms with E-state index in [4.69, 9.17) is 4.74 Å². The molecule has 1 aliphatic rings. The van der Waals surface area contributed by atoms with Crippen LogP contribution in [0.5, 0.6) is 5.75 Å². The van der Waals surface area contributed by atoms with Crippen molar-refractivity contribution in [2.24, 2.45) is 11.0 Å². The van der Waals surface area contributed by atoms with Crippen LogP contribution in [0, 0.1) is 5.92 Å². The van der Waals surface area contributed by atoms with Crippen LogP contribution in [0.4, 0.5) is 18.9 Å². The monoisotopic (exact) mass is 272 g/mol. The lowest BCUT2D eigenvalue weighted by Gasteiger charge is -2.15. The first kappa shape index (κ1) is 13.4. The highest BCUT2D eigenvalue weighted by atomic mass is 19.4. The molecule has 1 heterocycles. The fraction of sp³-hybridized carbons (Fsp3) is 0.333. The number of nitrogens with zero attached hydrogens (tertiary/aromatic N) is 2. The molecule has 0 aliphatic carbocycles. The van der Waals surface area contributed by atoms with E-state index < -0.39 is 23.7 Å². The Hall–Kier alpha value is -2.05. The van der Waals surface area contributed by atoms with Crippen molar-refractivity contribution in [3.8, 4) is 5.75 Å². The summed E-state index contributed by atoms with van der Waals surface area (Å²) < 4.78 is 43.2. The smallest absolute Gasteiger partial charge is 0.432 e. The molecule has 4 nitrogen and oxygen atoms in total. The molecule has 2 rings (SSSR count). The van der Waals surface area contributed by atoms with E-state index in [2.05, 4.69) is 5.10 Å². The van der Waals surface area contributed by atoms with E-state index in [9.17, 15) is 18.0 Å². The third-order valence-electron chi connectivity index (χ3n) is 2.80. The highest BCUT2D eigenvalue weighted by molar-refractivity contribution is 6.17. The van der Waals surface area contributed by atoms with Gasteiger partial charge < -0.3 is 4.74 Å². The quantitative estimate of drug-likeness (QED) is 0.830. The van der Waals surface area contributed by atoms with E-state index in [0.29, 0.717) is 0 Å². The number of carbonyl (C=O) groups is 1. The predicted molar refractivity (Wildman–Crippen MR) is 63.1 cm³/mol. The molecule has 1 unspecified atom stereocenters. The molecule has 1 amide bonds. The van der Waals surface area contributed by atoms with Crippen molar-refractivity contribution in [1.29, 1.82) is 0 Å². The normalized spacial score (nSPS) is 19.6. The second-order valence-electron chi connectivity index (χ2n) is 4.03. The van der Waals surface area contributed by atoms with Crippen molar-refractivity contribution in [3.05, 3.63) is 24.3 Å². The fourth-order valence-electron chi connectivity index (χ4n) is 1.82. The van der Waals surface area contributed by atoms with Crippen LogP contribution in [-0.4, -0.2) is 24.9 Å². The van der Waals surface area contributed by atoms with E-state index in [-0.39, 0.29) is 11.4 Å². The summed E-state index contributed by atoms with van der Waals surface area (Å²) >= 11 is 0. The summed E-state index contributed by atoms with van der Waals surface area (Å²) in [4.78, 5) is 11.9. The van der Waals surface area contributed by atoms with Crippen LogP contribution < -0.4 is 9.75 Å². The van der Waals surface area contributed by atoms with E-state index in [1.165, 1.54) is 20.1 Å². The molecule has 1 aromatic rings. The lowest BCUT2D eigenvalue weighted by molar-refractivity contribution is -0.120. The topological polar surface area (TPSA) is 41.9 Å². The molecule has 0 saturated heterocycles. The number of amides is 1. The molecule has 1 aliphatic heterocycles. The molecule has 102 valence electrons. The standard InChI is InChI=1S/C12H11F3N2O2/c1-7-10(12(13,14)15)16-17(11(7)18)8-5-3-4-6-9(8)19-2/h3-7H,1-2H3. The number of carbonyl (C=O) groups excluding carboxylic acids is 1. The van der Waals surface area contributed by atoms with Crippen molar-refractivity contribution in [1.82, 2.24) is 0 Å². The first-order valence-electron chi connectivity index (χ1n) is 5.49. The number of para-hydroxylation sites is 2. The van der Waals surface area contributed by atoms with Crippen molar-refractivity contribution in [2.75, 3.05) is 12.1 Å². The van der Waals surface area contributed by atoms with Crippen LogP contribution in [-0.2, 0) is 4.79 Å². The molecule has 0 radical (unpaired) electrons. The number of hydrogen-bond donors (Lipinski definition) is 0. The van der Waals surface area contributed by atoms with Gasteiger partial charge in [-0.3, -0.25) is 4.79 Å². The zero-order valence-corrected chi connectivity index (χ0v) is 10.2. The molecular formula is C12H11F3N2O2. The third kappa shape index (κ3) is 2.27. The first-order valence-corrected chi connectivity index (χ1v) is 5.49. The van der Waals surface area contributed by atoms with Gasteiger partial charge in [0.1, 0.15) is 11.4 Å². The predicted octanol–water partition coefficient (Wildman–Crippen LogP) is 2.60. The average Bonchev–Trinajstić information content (AvgIpc) is 2.66. The molecule has 0 saturated carbocycles. The van der Waals surface area contributed by atoms with Gasteiger partial charge in [0.05, 0.1) is 13.0 Å². The van der Waals surface area contributed by atoms with Crippen LogP contribution in [0.15, 0.2) is 29.4 Å². The SMILES string of the molecule is COc1ccccc1N1N=C(C(F)(F)F)C(C)C1=O. The van der Waals surface area contributed by atoms with Crippen molar-refractivity contribution in [3.63, 3.8) is 0 Å². The molecule has 0 fully saturated rings. The maximum Gasteiger partial charge on any atom is 0.432 e. The summed E-state index contributed by atoms with van der Waals surface area (Å²) in [5, 5.41) is 4.14. The van der Waals surface area contributed by atoms with Gasteiger partial charge in [-0.1, -0.05) is 12.1 Å². The van der Waals surface area contributed by atoms with Gasteiger partial charge in [-0.05, 0) is 19.1 Å². The Bertz CT molecular complexity index is 540. The number of hydrazone groups is 1. The lowest BCUT2D eigenvalue weighted by atomic mass is 10.1. The Labute approximate surface area is 107 Å². The molecular weight excluding hydrogens is 261 g/mol. The Kier molecular flexibility index (Phi) is 3.21. The number of halogens is 3. The zero-order valence-electron chi connectivity index (χ0n) is 10.2. The van der Waals surface area contributed by atoms with Gasteiger partial charge in [-0.25, -0.2) is 0 Å². The summed E-state index contributed by atoms with van der Waals surface area (Å²) in [7, 11) is 1.37. The van der Waals surface area contributed by atoms with Crippen LogP contribution in [0.1, 0.15) is 6.92 Å². The minimum Gasteiger partial charge on any atom is -0.494 e. The van der Waals surface area contributed by atoms with E-state index >= 15 is 0 Å². The Morgan fingerprint density at radius 2 is 1.95 bits per heavy atom. The second kappa shape index (κ2) is 4.56. The summed E-state index contributed by atoms with van der Waals surface area (Å²) in [5.74, 6) is -1.75. The Morgan fingerprint density at radius 3 is 2.47 bits per heavy atom. The van der Waals surface area contributed by atoms with Crippen LogP contribution in [0.2, 0.25) is 0 Å². The molecule has 0 bridgehead atoms. The molecule has 0 spiro atoms. The largest absolute Gasteiger partial charge is 0.494 e. The van der Waals surface area contributed by atoms with Gasteiger partial charge in [0, 0.05) is 0 Å². The maximum atomic E-state index is 12.7. The first-order chi connectivity index (χ1) is 8.86. The number of rotatable bonds is 2. The number of benzene rings is 1. The van der Waals surface area contributed by atoms with Crippen LogP contribution in [0.3, 0.4) is 0 Å². The van der Waals surface area contributed by atoms with Gasteiger partial charge in [-0.15, -0.1) is 0 Å². The van der Waals surface area contributed by atoms with Crippen LogP contribution in [0.25, 0.3) is 0 Å². The van der Waals surface area contributed by atoms with Gasteiger partial charge in [0.15, 0.2) is 5.71 Å². The van der Waals surface area contributed by atoms with Gasteiger partial charge in [0.25, 0.3) is 5.91 Å². The van der Waals surface area contributed by atoms with Gasteiger partial charge in [0.2, 0.25) is 0 Å². The molecule has 7 heteroatoms. The third-order valence-corrected chi connectivity index (χ3v) is 2.80. The second-order valence-corrected chi connectivity index (χ2v) is 4.03. The van der Waals surface area contributed by atoms with E-state index in [1.54, 1.807) is 18.2 Å². The van der Waals surface area contributed by atoms with E-state index in [0.717, 1.165) is 5.01 Å². The highest BCUT2D eigenvalue weighted by Gasteiger charge is 2.48. The highest BCUT2D eigenvalue weighted by Crippen LogP contribution is 2.35. The lowest BCUT2D eigenvalue weighted by Crippen LogP contribution is -2.31. The minimum atomic E-state index is -4.62. The summed E-state index contributed by atoms with van der Waals surface area (Å²) in [6, 6.07) is 6.28. The molecule has 19 heavy (non-hydrogen) atoms. The van der Waals surface area contributed by atoms with Crippen LogP contribution >= 0.6 is 0 Å². The Balaban J connectivity index is 2.46.